The lowest BCUT2D eigenvalue weighted by molar-refractivity contribution is -0.113. The maximum atomic E-state index is 13.0. The van der Waals surface area contributed by atoms with E-state index in [0.717, 1.165) is 19.0 Å². The minimum Gasteiger partial charge on any atom is -0.324 e. The van der Waals surface area contributed by atoms with E-state index in [9.17, 15) is 9.18 Å². The minimum absolute atomic E-state index is 0.158. The van der Waals surface area contributed by atoms with Gasteiger partial charge >= 0.3 is 0 Å². The van der Waals surface area contributed by atoms with Crippen LogP contribution in [-0.2, 0) is 17.8 Å². The molecule has 2 aromatic heterocycles. The quantitative estimate of drug-likeness (QED) is 0.610. The van der Waals surface area contributed by atoms with Crippen LogP contribution >= 0.6 is 34.7 Å². The molecule has 0 aliphatic heterocycles. The van der Waals surface area contributed by atoms with E-state index in [-0.39, 0.29) is 16.7 Å². The molecule has 9 heteroatoms. The lowest BCUT2D eigenvalue weighted by atomic mass is 10.3. The predicted molar refractivity (Wildman–Crippen MR) is 98.8 cm³/mol. The van der Waals surface area contributed by atoms with Gasteiger partial charge in [0.25, 0.3) is 0 Å². The van der Waals surface area contributed by atoms with Gasteiger partial charge in [-0.1, -0.05) is 29.4 Å². The molecule has 25 heavy (non-hydrogen) atoms. The molecule has 2 heterocycles. The van der Waals surface area contributed by atoms with Crippen LogP contribution in [0.1, 0.15) is 4.88 Å². The van der Waals surface area contributed by atoms with E-state index in [4.69, 9.17) is 11.6 Å². The van der Waals surface area contributed by atoms with Gasteiger partial charge in [0, 0.05) is 11.4 Å². The number of halogens is 2. The molecule has 0 atom stereocenters. The number of rotatable bonds is 7. The second-order valence-electron chi connectivity index (χ2n) is 5.10. The molecule has 0 aliphatic carbocycles. The predicted octanol–water partition coefficient (Wildman–Crippen LogP) is 4.11. The number of benzene rings is 1. The van der Waals surface area contributed by atoms with Crippen LogP contribution < -0.4 is 5.32 Å². The Kier molecular flexibility index (Phi) is 6.06. The number of aryl methyl sites for hydroxylation is 2. The van der Waals surface area contributed by atoms with Gasteiger partial charge in [0.2, 0.25) is 5.91 Å². The van der Waals surface area contributed by atoms with Crippen molar-refractivity contribution in [2.24, 2.45) is 0 Å². The fourth-order valence-electron chi connectivity index (χ4n) is 2.10. The molecule has 0 spiro atoms. The van der Waals surface area contributed by atoms with E-state index in [1.54, 1.807) is 17.7 Å². The Balaban J connectivity index is 1.53. The van der Waals surface area contributed by atoms with Gasteiger partial charge in [-0.2, -0.15) is 0 Å². The third-order valence-electron chi connectivity index (χ3n) is 3.30. The molecule has 3 aromatic rings. The molecule has 1 N–H and O–H groups in total. The number of carbonyl (C=O) groups is 1. The summed E-state index contributed by atoms with van der Waals surface area (Å²) in [6, 6.07) is 7.94. The minimum atomic E-state index is -0.448. The summed E-state index contributed by atoms with van der Waals surface area (Å²) in [5, 5.41) is 13.5. The van der Waals surface area contributed by atoms with Crippen molar-refractivity contribution in [3.8, 4) is 0 Å². The normalized spacial score (nSPS) is 10.8. The highest BCUT2D eigenvalue weighted by Crippen LogP contribution is 2.23. The zero-order chi connectivity index (χ0) is 17.6. The van der Waals surface area contributed by atoms with Gasteiger partial charge in [0.05, 0.1) is 16.5 Å². The second kappa shape index (κ2) is 8.46. The van der Waals surface area contributed by atoms with Crippen LogP contribution in [0, 0.1) is 5.82 Å². The number of amides is 1. The van der Waals surface area contributed by atoms with Crippen LogP contribution in [0.3, 0.4) is 0 Å². The first-order valence-corrected chi connectivity index (χ1v) is 9.64. The lowest BCUT2D eigenvalue weighted by Gasteiger charge is -2.08. The summed E-state index contributed by atoms with van der Waals surface area (Å²) in [7, 11) is 0. The molecule has 0 saturated carbocycles. The highest BCUT2D eigenvalue weighted by molar-refractivity contribution is 7.99. The number of aromatic nitrogens is 3. The summed E-state index contributed by atoms with van der Waals surface area (Å²) in [6.07, 6.45) is 2.55. The fraction of sp³-hybridized carbons (Fsp3) is 0.188. The van der Waals surface area contributed by atoms with Gasteiger partial charge in [0.1, 0.15) is 12.1 Å². The van der Waals surface area contributed by atoms with E-state index >= 15 is 0 Å². The van der Waals surface area contributed by atoms with Crippen molar-refractivity contribution >= 4 is 46.3 Å². The van der Waals surface area contributed by atoms with Crippen molar-refractivity contribution in [3.05, 3.63) is 57.8 Å². The molecule has 1 aromatic carbocycles. The molecule has 130 valence electrons. The Labute approximate surface area is 157 Å². The number of hydrogen-bond donors (Lipinski definition) is 1. The van der Waals surface area contributed by atoms with E-state index in [2.05, 4.69) is 21.6 Å². The zero-order valence-electron chi connectivity index (χ0n) is 13.0. The van der Waals surface area contributed by atoms with Crippen molar-refractivity contribution in [1.29, 1.82) is 0 Å². The van der Waals surface area contributed by atoms with Gasteiger partial charge in [-0.25, -0.2) is 4.39 Å². The van der Waals surface area contributed by atoms with Crippen LogP contribution in [0.2, 0.25) is 5.02 Å². The Morgan fingerprint density at radius 2 is 2.28 bits per heavy atom. The van der Waals surface area contributed by atoms with E-state index in [1.165, 1.54) is 28.8 Å². The largest absolute Gasteiger partial charge is 0.324 e. The Hall–Kier alpha value is -1.90. The number of carbonyl (C=O) groups excluding carboxylic acids is 1. The molecule has 1 amide bonds. The maximum Gasteiger partial charge on any atom is 0.234 e. The van der Waals surface area contributed by atoms with Crippen LogP contribution in [-0.4, -0.2) is 26.4 Å². The summed E-state index contributed by atoms with van der Waals surface area (Å²) in [6.45, 7) is 0.751. The van der Waals surface area contributed by atoms with Crippen LogP contribution in [0.5, 0.6) is 0 Å². The Morgan fingerprint density at radius 3 is 3.04 bits per heavy atom. The van der Waals surface area contributed by atoms with Crippen molar-refractivity contribution in [2.45, 2.75) is 18.1 Å². The second-order valence-corrected chi connectivity index (χ2v) is 7.48. The van der Waals surface area contributed by atoms with Crippen LogP contribution in [0.15, 0.2) is 47.2 Å². The van der Waals surface area contributed by atoms with Crippen molar-refractivity contribution in [1.82, 2.24) is 14.8 Å². The average molecular weight is 397 g/mol. The highest BCUT2D eigenvalue weighted by Gasteiger charge is 2.11. The highest BCUT2D eigenvalue weighted by atomic mass is 35.5. The van der Waals surface area contributed by atoms with E-state index in [1.807, 2.05) is 16.0 Å². The molecule has 0 bridgehead atoms. The fourth-order valence-corrected chi connectivity index (χ4v) is 3.76. The molecule has 0 saturated heterocycles. The Bertz CT molecular complexity index is 854. The molecular formula is C16H14ClFN4OS2. The van der Waals surface area contributed by atoms with Gasteiger partial charge in [-0.15, -0.1) is 21.5 Å². The first-order valence-electron chi connectivity index (χ1n) is 7.40. The van der Waals surface area contributed by atoms with Crippen LogP contribution in [0.25, 0.3) is 0 Å². The molecular weight excluding hydrogens is 383 g/mol. The zero-order valence-corrected chi connectivity index (χ0v) is 15.4. The maximum absolute atomic E-state index is 13.0. The molecule has 0 radical (unpaired) electrons. The van der Waals surface area contributed by atoms with Gasteiger partial charge < -0.3 is 9.88 Å². The lowest BCUT2D eigenvalue weighted by Crippen LogP contribution is -2.15. The smallest absolute Gasteiger partial charge is 0.234 e. The topological polar surface area (TPSA) is 59.8 Å². The van der Waals surface area contributed by atoms with Crippen molar-refractivity contribution in [3.63, 3.8) is 0 Å². The average Bonchev–Trinajstić information content (AvgIpc) is 3.25. The van der Waals surface area contributed by atoms with Gasteiger partial charge in [0.15, 0.2) is 5.16 Å². The monoisotopic (exact) mass is 396 g/mol. The SMILES string of the molecule is O=C(CSc1nncn1CCc1cccs1)Nc1ccc(F)cc1Cl. The molecule has 0 aliphatic rings. The van der Waals surface area contributed by atoms with Gasteiger partial charge in [-0.3, -0.25) is 4.79 Å². The summed E-state index contributed by atoms with van der Waals surface area (Å²) < 4.78 is 14.9. The number of thiophene rings is 1. The third kappa shape index (κ3) is 5.04. The number of nitrogens with zero attached hydrogens (tertiary/aromatic N) is 3. The van der Waals surface area contributed by atoms with Crippen molar-refractivity contribution < 1.29 is 9.18 Å². The molecule has 3 rings (SSSR count). The van der Waals surface area contributed by atoms with E-state index < -0.39 is 5.82 Å². The standard InChI is InChI=1S/C16H14ClFN4OS2/c17-13-8-11(18)3-4-14(13)20-15(23)9-25-16-21-19-10-22(16)6-5-12-2-1-7-24-12/h1-4,7-8,10H,5-6,9H2,(H,20,23). The van der Waals surface area contributed by atoms with Crippen molar-refractivity contribution in [2.75, 3.05) is 11.1 Å². The molecule has 0 fully saturated rings. The number of nitrogens with one attached hydrogen (secondary N) is 1. The summed E-state index contributed by atoms with van der Waals surface area (Å²) in [5.74, 6) is -0.534. The summed E-state index contributed by atoms with van der Waals surface area (Å²) in [5.41, 5.74) is 0.382. The number of anilines is 1. The molecule has 5 nitrogen and oxygen atoms in total. The summed E-state index contributed by atoms with van der Waals surface area (Å²) in [4.78, 5) is 13.3. The van der Waals surface area contributed by atoms with Gasteiger partial charge in [-0.05, 0) is 36.1 Å². The molecule has 0 unspecified atom stereocenters. The first kappa shape index (κ1) is 17.9. The van der Waals surface area contributed by atoms with Crippen LogP contribution in [0.4, 0.5) is 10.1 Å². The number of hydrogen-bond acceptors (Lipinski definition) is 5. The Morgan fingerprint density at radius 1 is 1.40 bits per heavy atom. The third-order valence-corrected chi connectivity index (χ3v) is 5.53. The first-order chi connectivity index (χ1) is 12.1. The summed E-state index contributed by atoms with van der Waals surface area (Å²) >= 11 is 8.90. The number of thioether (sulfide) groups is 1. The van der Waals surface area contributed by atoms with E-state index in [0.29, 0.717) is 10.8 Å².